The molecule has 3 atom stereocenters. The van der Waals surface area contributed by atoms with Crippen molar-refractivity contribution in [2.45, 2.75) is 45.6 Å². The van der Waals surface area contributed by atoms with Crippen LogP contribution in [0, 0.1) is 12.8 Å². The van der Waals surface area contributed by atoms with Gasteiger partial charge in [-0.3, -0.25) is 14.5 Å². The normalized spacial score (nSPS) is 19.4. The zero-order valence-electron chi connectivity index (χ0n) is 24.8. The number of hydrogen-bond acceptors (Lipinski definition) is 7. The summed E-state index contributed by atoms with van der Waals surface area (Å²) in [5, 5.41) is 14.4. The molecule has 9 nitrogen and oxygen atoms in total. The first-order valence-electron chi connectivity index (χ1n) is 14.4. The van der Waals surface area contributed by atoms with Crippen molar-refractivity contribution >= 4 is 29.2 Å². The summed E-state index contributed by atoms with van der Waals surface area (Å²) < 4.78 is 21.7. The average Bonchev–Trinajstić information content (AvgIpc) is 3.60. The lowest BCUT2D eigenvalue weighted by molar-refractivity contribution is -0.143. The molecule has 1 amide bonds. The minimum Gasteiger partial charge on any atom is -0.481 e. The first kappa shape index (κ1) is 30.7. The fourth-order valence-electron chi connectivity index (χ4n) is 6.26. The summed E-state index contributed by atoms with van der Waals surface area (Å²) in [6, 6.07) is 14.2. The van der Waals surface area contributed by atoms with Gasteiger partial charge in [-0.15, -0.1) is 0 Å². The SMILES string of the molecule is CCc1cc(Cl)cc(CC)c1NC(=O)CN1C[C@H](c2cc3c(cc2C)OCO3)C(C(=O)O)[C@@H]1c1ccc(OCOC)cc1. The Morgan fingerprint density at radius 2 is 1.70 bits per heavy atom. The van der Waals surface area contributed by atoms with Crippen LogP contribution in [0.1, 0.15) is 53.6 Å². The molecule has 0 spiro atoms. The van der Waals surface area contributed by atoms with E-state index in [0.29, 0.717) is 41.7 Å². The van der Waals surface area contributed by atoms with Crippen molar-refractivity contribution < 1.29 is 33.6 Å². The second kappa shape index (κ2) is 13.2. The van der Waals surface area contributed by atoms with Gasteiger partial charge in [0.15, 0.2) is 18.3 Å². The lowest BCUT2D eigenvalue weighted by Crippen LogP contribution is -2.35. The summed E-state index contributed by atoms with van der Waals surface area (Å²) in [5.41, 5.74) is 5.24. The average molecular weight is 609 g/mol. The maximum absolute atomic E-state index is 13.7. The summed E-state index contributed by atoms with van der Waals surface area (Å²) in [4.78, 5) is 28.6. The standard InChI is InChI=1S/C33H37ClN2O7/c1-5-20-12-23(34)13-21(6-2)31(20)35-29(37)16-36-15-26(25-14-28-27(11-19(25)3)42-18-43-28)30(33(38)39)32(36)22-7-9-24(10-8-22)41-17-40-4/h7-14,26,30,32H,5-6,15-18H2,1-4H3,(H,35,37)(H,38,39)/t26-,30?,32+/m1/s1. The molecule has 10 heteroatoms. The van der Waals surface area contributed by atoms with Crippen LogP contribution in [0.5, 0.6) is 17.2 Å². The molecule has 1 saturated heterocycles. The van der Waals surface area contributed by atoms with E-state index in [4.69, 9.17) is 30.5 Å². The van der Waals surface area contributed by atoms with Gasteiger partial charge < -0.3 is 29.4 Å². The number of benzene rings is 3. The molecule has 1 unspecified atom stereocenters. The van der Waals surface area contributed by atoms with Gasteiger partial charge in [0.05, 0.1) is 12.5 Å². The molecule has 228 valence electrons. The van der Waals surface area contributed by atoms with E-state index in [1.165, 1.54) is 0 Å². The Morgan fingerprint density at radius 3 is 2.30 bits per heavy atom. The minimum atomic E-state index is -0.936. The highest BCUT2D eigenvalue weighted by atomic mass is 35.5. The summed E-state index contributed by atoms with van der Waals surface area (Å²) in [6.07, 6.45) is 1.42. The summed E-state index contributed by atoms with van der Waals surface area (Å²) in [7, 11) is 1.54. The van der Waals surface area contributed by atoms with Crippen molar-refractivity contribution in [3.05, 3.63) is 81.4 Å². The van der Waals surface area contributed by atoms with Crippen LogP contribution < -0.4 is 19.5 Å². The molecule has 0 aromatic heterocycles. The zero-order chi connectivity index (χ0) is 30.7. The highest BCUT2D eigenvalue weighted by molar-refractivity contribution is 6.30. The fraction of sp³-hybridized carbons (Fsp3) is 0.394. The maximum Gasteiger partial charge on any atom is 0.309 e. The predicted molar refractivity (Wildman–Crippen MR) is 163 cm³/mol. The third kappa shape index (κ3) is 6.44. The monoisotopic (exact) mass is 608 g/mol. The van der Waals surface area contributed by atoms with Crippen LogP contribution in [0.2, 0.25) is 5.02 Å². The first-order valence-corrected chi connectivity index (χ1v) is 14.8. The van der Waals surface area contributed by atoms with Gasteiger partial charge in [-0.25, -0.2) is 0 Å². The third-order valence-corrected chi connectivity index (χ3v) is 8.47. The number of aliphatic carboxylic acids is 1. The van der Waals surface area contributed by atoms with E-state index < -0.39 is 23.8 Å². The quantitative estimate of drug-likeness (QED) is 0.257. The first-order chi connectivity index (χ1) is 20.7. The molecule has 2 aliphatic heterocycles. The van der Waals surface area contributed by atoms with Crippen molar-refractivity contribution in [1.82, 2.24) is 4.90 Å². The van der Waals surface area contributed by atoms with Gasteiger partial charge in [-0.05, 0) is 84.0 Å². The summed E-state index contributed by atoms with van der Waals surface area (Å²) in [5.74, 6) is -0.540. The molecule has 43 heavy (non-hydrogen) atoms. The van der Waals surface area contributed by atoms with Crippen LogP contribution in [-0.4, -0.2) is 55.7 Å². The van der Waals surface area contributed by atoms with Gasteiger partial charge in [0.25, 0.3) is 0 Å². The number of amides is 1. The fourth-order valence-corrected chi connectivity index (χ4v) is 6.52. The van der Waals surface area contributed by atoms with E-state index in [1.54, 1.807) is 19.2 Å². The van der Waals surface area contributed by atoms with Crippen LogP contribution >= 0.6 is 11.6 Å². The molecule has 0 saturated carbocycles. The number of halogens is 1. The van der Waals surface area contributed by atoms with Gasteiger partial charge in [0, 0.05) is 36.3 Å². The number of nitrogens with zero attached hydrogens (tertiary/aromatic N) is 1. The number of anilines is 1. The lowest BCUT2D eigenvalue weighted by atomic mass is 9.81. The number of likely N-dealkylation sites (tertiary alicyclic amines) is 1. The molecule has 2 aliphatic rings. The van der Waals surface area contributed by atoms with Gasteiger partial charge in [-0.1, -0.05) is 37.6 Å². The Balaban J connectivity index is 1.50. The molecule has 2 heterocycles. The molecular weight excluding hydrogens is 572 g/mol. The van der Waals surface area contributed by atoms with Crippen LogP contribution in [0.25, 0.3) is 0 Å². The number of carbonyl (C=O) groups excluding carboxylic acids is 1. The third-order valence-electron chi connectivity index (χ3n) is 8.25. The molecule has 2 N–H and O–H groups in total. The number of fused-ring (bicyclic) bond motifs is 1. The molecule has 3 aromatic rings. The largest absolute Gasteiger partial charge is 0.481 e. The van der Waals surface area contributed by atoms with E-state index in [-0.39, 0.29) is 26.0 Å². The molecule has 3 aromatic carbocycles. The molecule has 0 aliphatic carbocycles. The van der Waals surface area contributed by atoms with Gasteiger partial charge >= 0.3 is 5.97 Å². The Morgan fingerprint density at radius 1 is 1.05 bits per heavy atom. The van der Waals surface area contributed by atoms with E-state index in [1.807, 2.05) is 62.1 Å². The van der Waals surface area contributed by atoms with Crippen molar-refractivity contribution in [3.8, 4) is 17.2 Å². The van der Waals surface area contributed by atoms with Gasteiger partial charge in [0.1, 0.15) is 5.75 Å². The van der Waals surface area contributed by atoms with E-state index >= 15 is 0 Å². The van der Waals surface area contributed by atoms with Crippen LogP contribution in [0.3, 0.4) is 0 Å². The molecular formula is C33H37ClN2O7. The topological polar surface area (TPSA) is 107 Å². The zero-order valence-corrected chi connectivity index (χ0v) is 25.6. The van der Waals surface area contributed by atoms with Crippen molar-refractivity contribution in [2.24, 2.45) is 5.92 Å². The van der Waals surface area contributed by atoms with E-state index in [2.05, 4.69) is 5.32 Å². The second-order valence-corrected chi connectivity index (χ2v) is 11.3. The van der Waals surface area contributed by atoms with Crippen LogP contribution in [-0.2, 0) is 27.2 Å². The van der Waals surface area contributed by atoms with Crippen molar-refractivity contribution in [2.75, 3.05) is 39.1 Å². The highest BCUT2D eigenvalue weighted by Crippen LogP contribution is 2.49. The number of ether oxygens (including phenoxy) is 4. The molecule has 0 radical (unpaired) electrons. The number of carbonyl (C=O) groups is 2. The molecule has 5 rings (SSSR count). The number of carboxylic acids is 1. The van der Waals surface area contributed by atoms with Crippen LogP contribution in [0.15, 0.2) is 48.5 Å². The van der Waals surface area contributed by atoms with Crippen molar-refractivity contribution in [3.63, 3.8) is 0 Å². The summed E-state index contributed by atoms with van der Waals surface area (Å²) in [6.45, 7) is 6.58. The minimum absolute atomic E-state index is 0.00536. The van der Waals surface area contributed by atoms with Gasteiger partial charge in [-0.2, -0.15) is 0 Å². The van der Waals surface area contributed by atoms with E-state index in [9.17, 15) is 14.7 Å². The molecule has 0 bridgehead atoms. The number of hydrogen-bond donors (Lipinski definition) is 2. The number of methoxy groups -OCH3 is 1. The summed E-state index contributed by atoms with van der Waals surface area (Å²) >= 11 is 6.34. The smallest absolute Gasteiger partial charge is 0.309 e. The van der Waals surface area contributed by atoms with Crippen LogP contribution in [0.4, 0.5) is 5.69 Å². The second-order valence-electron chi connectivity index (χ2n) is 10.9. The predicted octanol–water partition coefficient (Wildman–Crippen LogP) is 5.96. The Bertz CT molecular complexity index is 1470. The maximum atomic E-state index is 13.7. The van der Waals surface area contributed by atoms with E-state index in [0.717, 1.165) is 33.5 Å². The Kier molecular flexibility index (Phi) is 9.44. The lowest BCUT2D eigenvalue weighted by Gasteiger charge is -2.27. The Labute approximate surface area is 256 Å². The van der Waals surface area contributed by atoms with Crippen molar-refractivity contribution in [1.29, 1.82) is 0 Å². The number of aryl methyl sites for hydroxylation is 3. The number of carboxylic acid groups (broad SMARTS) is 1. The van der Waals surface area contributed by atoms with Gasteiger partial charge in [0.2, 0.25) is 12.7 Å². The molecule has 1 fully saturated rings. The number of rotatable bonds is 11. The highest BCUT2D eigenvalue weighted by Gasteiger charge is 2.48. The number of nitrogens with one attached hydrogen (secondary N) is 1. The Hall–Kier alpha value is -3.79.